The van der Waals surface area contributed by atoms with E-state index < -0.39 is 0 Å². The van der Waals surface area contributed by atoms with Gasteiger partial charge in [-0.05, 0) is 60.2 Å². The first kappa shape index (κ1) is 15.0. The van der Waals surface area contributed by atoms with Crippen molar-refractivity contribution >= 4 is 28.4 Å². The maximum Gasteiger partial charge on any atom is 0.139 e. The second-order valence-corrected chi connectivity index (χ2v) is 6.86. The van der Waals surface area contributed by atoms with Crippen LogP contribution in [0.4, 0.5) is 0 Å². The van der Waals surface area contributed by atoms with Gasteiger partial charge < -0.3 is 5.32 Å². The predicted molar refractivity (Wildman–Crippen MR) is 87.4 cm³/mol. The summed E-state index contributed by atoms with van der Waals surface area (Å²) in [7, 11) is 2.00. The molecule has 0 aromatic heterocycles. The van der Waals surface area contributed by atoms with Gasteiger partial charge >= 0.3 is 0 Å². The van der Waals surface area contributed by atoms with Crippen LogP contribution in [0.5, 0.6) is 0 Å². The van der Waals surface area contributed by atoms with Crippen LogP contribution in [0.15, 0.2) is 24.3 Å². The van der Waals surface area contributed by atoms with Crippen LogP contribution in [-0.4, -0.2) is 18.4 Å². The number of carbonyl (C=O) groups is 1. The Labute approximate surface area is 129 Å². The third-order valence-corrected chi connectivity index (χ3v) is 4.91. The normalized spacial score (nSPS) is 18.2. The fraction of sp³-hybridized carbons (Fsp3) is 0.562. The van der Waals surface area contributed by atoms with Gasteiger partial charge in [0, 0.05) is 22.0 Å². The molecule has 3 heteroatoms. The van der Waals surface area contributed by atoms with Crippen LogP contribution >= 0.6 is 22.6 Å². The molecule has 1 fully saturated rings. The molecule has 2 nitrogen and oxygen atoms in total. The largest absolute Gasteiger partial charge is 0.314 e. The van der Waals surface area contributed by atoms with Gasteiger partial charge in [0.2, 0.25) is 0 Å². The number of benzene rings is 1. The van der Waals surface area contributed by atoms with Crippen molar-refractivity contribution in [1.29, 1.82) is 0 Å². The van der Waals surface area contributed by atoms with Crippen molar-refractivity contribution in [2.45, 2.75) is 50.5 Å². The molecule has 0 heterocycles. The lowest BCUT2D eigenvalue weighted by Gasteiger charge is -2.36. The van der Waals surface area contributed by atoms with E-state index in [0.29, 0.717) is 18.6 Å². The van der Waals surface area contributed by atoms with E-state index in [0.717, 1.165) is 18.4 Å². The molecule has 0 spiro atoms. The number of rotatable bonds is 5. The first-order valence-electron chi connectivity index (χ1n) is 7.09. The number of halogens is 1. The molecule has 1 aliphatic carbocycles. The summed E-state index contributed by atoms with van der Waals surface area (Å²) in [5.74, 6) is 0.359. The smallest absolute Gasteiger partial charge is 0.139 e. The summed E-state index contributed by atoms with van der Waals surface area (Å²) in [6.45, 7) is 0. The van der Waals surface area contributed by atoms with Gasteiger partial charge in [0.25, 0.3) is 0 Å². The molecule has 19 heavy (non-hydrogen) atoms. The molecule has 0 bridgehead atoms. The zero-order valence-corrected chi connectivity index (χ0v) is 13.7. The number of ketones is 1. The Morgan fingerprint density at radius 3 is 2.42 bits per heavy atom. The van der Waals surface area contributed by atoms with Crippen molar-refractivity contribution < 1.29 is 4.79 Å². The van der Waals surface area contributed by atoms with Gasteiger partial charge in [0.15, 0.2) is 0 Å². The summed E-state index contributed by atoms with van der Waals surface area (Å²) in [6, 6.07) is 8.26. The van der Waals surface area contributed by atoms with Crippen molar-refractivity contribution in [2.75, 3.05) is 7.05 Å². The predicted octanol–water partition coefficient (Wildman–Crippen LogP) is 3.72. The van der Waals surface area contributed by atoms with E-state index in [1.165, 1.54) is 22.8 Å². The van der Waals surface area contributed by atoms with Crippen molar-refractivity contribution in [2.24, 2.45) is 0 Å². The molecule has 1 aromatic carbocycles. The number of hydrogen-bond acceptors (Lipinski definition) is 2. The van der Waals surface area contributed by atoms with Crippen LogP contribution in [0.3, 0.4) is 0 Å². The third-order valence-electron chi connectivity index (χ3n) is 4.19. The SMILES string of the molecule is CNC1(CC(=O)Cc2ccc(I)cc2)CCCCC1. The van der Waals surface area contributed by atoms with E-state index >= 15 is 0 Å². The highest BCUT2D eigenvalue weighted by Gasteiger charge is 2.32. The average molecular weight is 371 g/mol. The Kier molecular flexibility index (Phi) is 5.39. The molecular weight excluding hydrogens is 349 g/mol. The van der Waals surface area contributed by atoms with Gasteiger partial charge in [0.05, 0.1) is 0 Å². The van der Waals surface area contributed by atoms with E-state index in [9.17, 15) is 4.79 Å². The molecule has 1 saturated carbocycles. The quantitative estimate of drug-likeness (QED) is 0.800. The second-order valence-electron chi connectivity index (χ2n) is 5.61. The Bertz CT molecular complexity index is 421. The summed E-state index contributed by atoms with van der Waals surface area (Å²) >= 11 is 2.29. The van der Waals surface area contributed by atoms with Crippen LogP contribution in [0.1, 0.15) is 44.1 Å². The summed E-state index contributed by atoms with van der Waals surface area (Å²) in [5, 5.41) is 3.42. The molecule has 0 saturated heterocycles. The van der Waals surface area contributed by atoms with E-state index in [4.69, 9.17) is 0 Å². The van der Waals surface area contributed by atoms with Gasteiger partial charge in [-0.3, -0.25) is 4.79 Å². The van der Waals surface area contributed by atoms with Gasteiger partial charge in [-0.1, -0.05) is 31.4 Å². The fourth-order valence-corrected chi connectivity index (χ4v) is 3.37. The van der Waals surface area contributed by atoms with Crippen molar-refractivity contribution in [3.05, 3.63) is 33.4 Å². The molecule has 0 amide bonds. The molecule has 0 atom stereocenters. The van der Waals surface area contributed by atoms with Gasteiger partial charge in [-0.15, -0.1) is 0 Å². The highest BCUT2D eigenvalue weighted by atomic mass is 127. The van der Waals surface area contributed by atoms with Crippen molar-refractivity contribution in [3.8, 4) is 0 Å². The van der Waals surface area contributed by atoms with Crippen molar-refractivity contribution in [3.63, 3.8) is 0 Å². The minimum absolute atomic E-state index is 0.0680. The molecule has 104 valence electrons. The summed E-state index contributed by atoms with van der Waals surface area (Å²) in [5.41, 5.74) is 1.20. The summed E-state index contributed by atoms with van der Waals surface area (Å²) in [4.78, 5) is 12.3. The summed E-state index contributed by atoms with van der Waals surface area (Å²) < 4.78 is 1.22. The Morgan fingerprint density at radius 2 is 1.84 bits per heavy atom. The molecule has 0 radical (unpaired) electrons. The first-order valence-corrected chi connectivity index (χ1v) is 8.16. The lowest BCUT2D eigenvalue weighted by Crippen LogP contribution is -2.46. The molecule has 2 rings (SSSR count). The van der Waals surface area contributed by atoms with Crippen LogP contribution in [-0.2, 0) is 11.2 Å². The zero-order valence-electron chi connectivity index (χ0n) is 11.5. The van der Waals surface area contributed by atoms with E-state index in [1.807, 2.05) is 7.05 Å². The van der Waals surface area contributed by atoms with Crippen LogP contribution in [0.2, 0.25) is 0 Å². The third kappa shape index (κ3) is 4.28. The number of carbonyl (C=O) groups excluding carboxylic acids is 1. The minimum Gasteiger partial charge on any atom is -0.314 e. The average Bonchev–Trinajstić information content (AvgIpc) is 2.42. The molecule has 0 aliphatic heterocycles. The van der Waals surface area contributed by atoms with E-state index in [1.54, 1.807) is 0 Å². The number of Topliss-reactive ketones (excluding diaryl/α,β-unsaturated/α-hetero) is 1. The van der Waals surface area contributed by atoms with Crippen LogP contribution in [0.25, 0.3) is 0 Å². The second kappa shape index (κ2) is 6.84. The van der Waals surface area contributed by atoms with Gasteiger partial charge in [-0.2, -0.15) is 0 Å². The first-order chi connectivity index (χ1) is 9.13. The molecule has 1 aromatic rings. The maximum absolute atomic E-state index is 12.3. The number of nitrogens with one attached hydrogen (secondary N) is 1. The highest BCUT2D eigenvalue weighted by Crippen LogP contribution is 2.31. The van der Waals surface area contributed by atoms with Crippen molar-refractivity contribution in [1.82, 2.24) is 5.32 Å². The molecule has 1 N–H and O–H groups in total. The Morgan fingerprint density at radius 1 is 1.21 bits per heavy atom. The minimum atomic E-state index is 0.0680. The Balaban J connectivity index is 1.94. The molecule has 1 aliphatic rings. The lowest BCUT2D eigenvalue weighted by molar-refractivity contribution is -0.120. The topological polar surface area (TPSA) is 29.1 Å². The number of hydrogen-bond donors (Lipinski definition) is 1. The van der Waals surface area contributed by atoms with E-state index in [-0.39, 0.29) is 5.54 Å². The molecular formula is C16H22INO. The van der Waals surface area contributed by atoms with Gasteiger partial charge in [0.1, 0.15) is 5.78 Å². The summed E-state index contributed by atoms with van der Waals surface area (Å²) in [6.07, 6.45) is 7.34. The zero-order chi connectivity index (χ0) is 13.7. The maximum atomic E-state index is 12.3. The fourth-order valence-electron chi connectivity index (χ4n) is 3.01. The van der Waals surface area contributed by atoms with E-state index in [2.05, 4.69) is 52.2 Å². The lowest BCUT2D eigenvalue weighted by atomic mass is 9.78. The standard InChI is InChI=1S/C16H22INO/c1-18-16(9-3-2-4-10-16)12-15(19)11-13-5-7-14(17)8-6-13/h5-8,18H,2-4,9-12H2,1H3. The monoisotopic (exact) mass is 371 g/mol. The van der Waals surface area contributed by atoms with Gasteiger partial charge in [-0.25, -0.2) is 0 Å². The Hall–Kier alpha value is -0.420. The highest BCUT2D eigenvalue weighted by molar-refractivity contribution is 14.1. The van der Waals surface area contributed by atoms with Crippen LogP contribution in [0, 0.1) is 3.57 Å². The molecule has 0 unspecified atom stereocenters. The van der Waals surface area contributed by atoms with Crippen LogP contribution < -0.4 is 5.32 Å².